The normalized spacial score (nSPS) is 27.4. The minimum absolute atomic E-state index is 0.0919. The Morgan fingerprint density at radius 2 is 1.89 bits per heavy atom. The third kappa shape index (κ3) is 2.61. The molecule has 1 saturated carbocycles. The number of hydrogen-bond acceptors (Lipinski definition) is 3. The second-order valence-electron chi connectivity index (χ2n) is 8.25. The molecule has 0 unspecified atom stereocenters. The van der Waals surface area contributed by atoms with Crippen molar-refractivity contribution in [3.8, 4) is 0 Å². The number of carbonyl (C=O) groups is 1. The molecule has 1 aromatic heterocycles. The summed E-state index contributed by atoms with van der Waals surface area (Å²) in [7, 11) is 0. The van der Waals surface area contributed by atoms with Crippen molar-refractivity contribution < 1.29 is 13.6 Å². The van der Waals surface area contributed by atoms with Crippen LogP contribution in [0.25, 0.3) is 0 Å². The van der Waals surface area contributed by atoms with Gasteiger partial charge in [0, 0.05) is 19.5 Å². The van der Waals surface area contributed by atoms with E-state index in [-0.39, 0.29) is 24.7 Å². The van der Waals surface area contributed by atoms with Gasteiger partial charge in [-0.25, -0.2) is 18.3 Å². The van der Waals surface area contributed by atoms with Gasteiger partial charge in [0.05, 0.1) is 18.4 Å². The summed E-state index contributed by atoms with van der Waals surface area (Å²) in [5.74, 6) is -3.65. The fourth-order valence-electron chi connectivity index (χ4n) is 4.63. The van der Waals surface area contributed by atoms with Crippen LogP contribution in [0.3, 0.4) is 0 Å². The van der Waals surface area contributed by atoms with E-state index in [1.54, 1.807) is 0 Å². The lowest BCUT2D eigenvalue weighted by Gasteiger charge is -2.28. The van der Waals surface area contributed by atoms with Gasteiger partial charge in [-0.1, -0.05) is 29.8 Å². The van der Waals surface area contributed by atoms with Gasteiger partial charge in [0.1, 0.15) is 11.9 Å². The van der Waals surface area contributed by atoms with E-state index in [1.807, 2.05) is 31.2 Å². The molecule has 148 valence electrons. The van der Waals surface area contributed by atoms with Gasteiger partial charge in [0.25, 0.3) is 5.92 Å². The zero-order valence-corrected chi connectivity index (χ0v) is 15.6. The quantitative estimate of drug-likeness (QED) is 0.808. The van der Waals surface area contributed by atoms with Gasteiger partial charge in [-0.3, -0.25) is 9.36 Å². The maximum absolute atomic E-state index is 13.5. The Morgan fingerprint density at radius 3 is 2.57 bits per heavy atom. The van der Waals surface area contributed by atoms with E-state index in [9.17, 15) is 18.4 Å². The highest BCUT2D eigenvalue weighted by Crippen LogP contribution is 2.59. The van der Waals surface area contributed by atoms with Crippen molar-refractivity contribution in [2.75, 3.05) is 13.1 Å². The van der Waals surface area contributed by atoms with Crippen LogP contribution in [0.2, 0.25) is 0 Å². The summed E-state index contributed by atoms with van der Waals surface area (Å²) < 4.78 is 29.8. The van der Waals surface area contributed by atoms with Crippen LogP contribution in [0, 0.1) is 18.8 Å². The number of rotatable bonds is 3. The van der Waals surface area contributed by atoms with Crippen LogP contribution in [0.15, 0.2) is 29.1 Å². The highest BCUT2D eigenvalue weighted by Gasteiger charge is 2.72. The lowest BCUT2D eigenvalue weighted by atomic mass is 10.0. The van der Waals surface area contributed by atoms with Gasteiger partial charge in [0.2, 0.25) is 5.91 Å². The highest BCUT2D eigenvalue weighted by atomic mass is 19.3. The van der Waals surface area contributed by atoms with E-state index >= 15 is 0 Å². The average Bonchev–Trinajstić information content (AvgIpc) is 3.04. The zero-order valence-electron chi connectivity index (χ0n) is 15.6. The van der Waals surface area contributed by atoms with Crippen LogP contribution < -0.4 is 5.69 Å². The van der Waals surface area contributed by atoms with E-state index in [2.05, 4.69) is 5.10 Å². The highest BCUT2D eigenvalue weighted by molar-refractivity contribution is 5.81. The molecule has 1 aliphatic carbocycles. The van der Waals surface area contributed by atoms with E-state index in [0.29, 0.717) is 25.2 Å². The molecule has 5 rings (SSSR count). The number of halogens is 2. The minimum atomic E-state index is -2.62. The van der Waals surface area contributed by atoms with Gasteiger partial charge in [-0.2, -0.15) is 5.10 Å². The topological polar surface area (TPSA) is 60.1 Å². The zero-order chi connectivity index (χ0) is 19.6. The van der Waals surface area contributed by atoms with Crippen molar-refractivity contribution in [2.24, 2.45) is 11.8 Å². The number of amides is 1. The Labute approximate surface area is 160 Å². The molecule has 8 heteroatoms. The molecule has 2 aromatic rings. The summed E-state index contributed by atoms with van der Waals surface area (Å²) in [6, 6.07) is 7.25. The van der Waals surface area contributed by atoms with Crippen LogP contribution in [-0.4, -0.2) is 44.2 Å². The van der Waals surface area contributed by atoms with Crippen LogP contribution in [0.1, 0.15) is 35.8 Å². The molecule has 3 heterocycles. The predicted octanol–water partition coefficient (Wildman–Crippen LogP) is 2.00. The Kier molecular flexibility index (Phi) is 3.76. The molecular weight excluding hydrogens is 366 g/mol. The Balaban J connectivity index is 1.39. The molecule has 1 saturated heterocycles. The van der Waals surface area contributed by atoms with Crippen LogP contribution >= 0.6 is 0 Å². The number of fused-ring (bicyclic) bond motifs is 2. The molecule has 3 aliphatic rings. The van der Waals surface area contributed by atoms with Crippen molar-refractivity contribution >= 4 is 5.91 Å². The molecule has 0 bridgehead atoms. The van der Waals surface area contributed by atoms with Crippen molar-refractivity contribution in [2.45, 2.75) is 44.7 Å². The van der Waals surface area contributed by atoms with Crippen molar-refractivity contribution in [3.63, 3.8) is 0 Å². The molecule has 1 amide bonds. The van der Waals surface area contributed by atoms with Crippen LogP contribution in [0.5, 0.6) is 0 Å². The van der Waals surface area contributed by atoms with Crippen molar-refractivity contribution in [1.29, 1.82) is 0 Å². The van der Waals surface area contributed by atoms with E-state index in [1.165, 1.54) is 14.1 Å². The lowest BCUT2D eigenvalue weighted by molar-refractivity contribution is -0.136. The number of likely N-dealkylation sites (tertiary alicyclic amines) is 1. The largest absolute Gasteiger partial charge is 0.346 e. The molecular formula is C20H22F2N4O2. The molecule has 2 aliphatic heterocycles. The van der Waals surface area contributed by atoms with Gasteiger partial charge in [0.15, 0.2) is 0 Å². The number of hydrogen-bond donors (Lipinski definition) is 0. The number of aromatic nitrogens is 3. The minimum Gasteiger partial charge on any atom is -0.340 e. The van der Waals surface area contributed by atoms with Gasteiger partial charge in [-0.05, 0) is 25.3 Å². The fraction of sp³-hybridized carbons (Fsp3) is 0.550. The number of nitrogens with zero attached hydrogens (tertiary/aromatic N) is 4. The first-order valence-electron chi connectivity index (χ1n) is 9.76. The summed E-state index contributed by atoms with van der Waals surface area (Å²) in [4.78, 5) is 27.5. The number of carbonyl (C=O) groups excluding carboxylic acids is 1. The van der Waals surface area contributed by atoms with Crippen LogP contribution in [-0.2, 0) is 17.8 Å². The number of alkyl halides is 2. The first-order chi connectivity index (χ1) is 13.4. The smallest absolute Gasteiger partial charge is 0.340 e. The molecule has 1 aromatic carbocycles. The molecule has 3 atom stereocenters. The summed E-state index contributed by atoms with van der Waals surface area (Å²) in [5, 5.41) is 4.45. The fourth-order valence-corrected chi connectivity index (χ4v) is 4.63. The maximum Gasteiger partial charge on any atom is 0.346 e. The first kappa shape index (κ1) is 17.6. The molecule has 6 nitrogen and oxygen atoms in total. The summed E-state index contributed by atoms with van der Waals surface area (Å²) in [6.07, 6.45) is 1.95. The second-order valence-corrected chi connectivity index (χ2v) is 8.25. The average molecular weight is 388 g/mol. The Bertz CT molecular complexity index is 981. The van der Waals surface area contributed by atoms with E-state index in [4.69, 9.17) is 0 Å². The van der Waals surface area contributed by atoms with Gasteiger partial charge >= 0.3 is 5.69 Å². The van der Waals surface area contributed by atoms with Crippen molar-refractivity contribution in [3.05, 3.63) is 51.7 Å². The lowest BCUT2D eigenvalue weighted by Crippen LogP contribution is -2.43. The third-order valence-electron chi connectivity index (χ3n) is 6.38. The first-order valence-corrected chi connectivity index (χ1v) is 9.76. The number of aryl methyl sites for hydroxylation is 2. The maximum atomic E-state index is 13.5. The molecule has 2 fully saturated rings. The molecule has 0 spiro atoms. The molecule has 0 N–H and O–H groups in total. The summed E-state index contributed by atoms with van der Waals surface area (Å²) in [6.45, 7) is 2.53. The van der Waals surface area contributed by atoms with Crippen molar-refractivity contribution in [1.82, 2.24) is 19.2 Å². The monoisotopic (exact) mass is 388 g/mol. The summed E-state index contributed by atoms with van der Waals surface area (Å²) in [5.41, 5.74) is 1.80. The predicted molar refractivity (Wildman–Crippen MR) is 97.3 cm³/mol. The number of benzene rings is 1. The SMILES string of the molecule is Cc1ccc(Cn2nc3n(c2=O)[C@@H](C(=O)N2C[C@@H]4[C@H](C2)C4(F)F)CCC3)cc1. The van der Waals surface area contributed by atoms with E-state index < -0.39 is 23.8 Å². The summed E-state index contributed by atoms with van der Waals surface area (Å²) >= 11 is 0. The molecule has 28 heavy (non-hydrogen) atoms. The van der Waals surface area contributed by atoms with Gasteiger partial charge < -0.3 is 4.90 Å². The third-order valence-corrected chi connectivity index (χ3v) is 6.38. The Hall–Kier alpha value is -2.51. The molecule has 0 radical (unpaired) electrons. The second kappa shape index (κ2) is 5.99. The standard InChI is InChI=1S/C20H22F2N4O2/c1-12-5-7-13(8-6-12)9-25-19(28)26-16(3-2-4-17(26)23-25)18(27)24-10-14-15(11-24)20(14,21)22/h5-8,14-16H,2-4,9-11H2,1H3/t14-,15+,16-/m1/s1. The van der Waals surface area contributed by atoms with E-state index in [0.717, 1.165) is 17.5 Å². The van der Waals surface area contributed by atoms with Crippen LogP contribution in [0.4, 0.5) is 8.78 Å². The van der Waals surface area contributed by atoms with Gasteiger partial charge in [-0.15, -0.1) is 0 Å². The number of piperidine rings is 1. The Morgan fingerprint density at radius 1 is 1.21 bits per heavy atom.